The topological polar surface area (TPSA) is 12.5 Å². The Morgan fingerprint density at radius 3 is 1.72 bits per heavy atom. The van der Waals surface area contributed by atoms with E-state index in [0.717, 1.165) is 37.1 Å². The van der Waals surface area contributed by atoms with E-state index in [2.05, 4.69) is 105 Å². The summed E-state index contributed by atoms with van der Waals surface area (Å²) in [6.07, 6.45) is 10.5. The molecule has 0 aliphatic heterocycles. The standard InChI is InChI=1S/C34H45NO/c1-5-8-9-10-11-12-13-14-27-36-33-25-21-31(22-26-33)34(29-17-15-28(4)16-18-29)30-19-23-32(24-20-30)35(6-2)7-3/h15-26H,4-14,27H2,1-3H3. The minimum atomic E-state index is 0.794. The lowest BCUT2D eigenvalue weighted by Gasteiger charge is -2.21. The zero-order chi connectivity index (χ0) is 25.6. The number of unbranched alkanes of at least 4 members (excludes halogenated alkanes) is 7. The summed E-state index contributed by atoms with van der Waals surface area (Å²) in [5, 5.41) is 2.23. The lowest BCUT2D eigenvalue weighted by Crippen LogP contribution is -2.21. The van der Waals surface area contributed by atoms with Gasteiger partial charge in [-0.3, -0.25) is 0 Å². The van der Waals surface area contributed by atoms with Gasteiger partial charge >= 0.3 is 0 Å². The average molecular weight is 484 g/mol. The third kappa shape index (κ3) is 8.29. The van der Waals surface area contributed by atoms with E-state index < -0.39 is 0 Å². The molecule has 0 aliphatic rings. The molecule has 0 unspecified atom stereocenters. The van der Waals surface area contributed by atoms with Crippen molar-refractivity contribution < 1.29 is 4.74 Å². The third-order valence-electron chi connectivity index (χ3n) is 6.94. The van der Waals surface area contributed by atoms with Crippen LogP contribution in [0.3, 0.4) is 0 Å². The Balaban J connectivity index is 1.69. The fourth-order valence-corrected chi connectivity index (χ4v) is 4.74. The summed E-state index contributed by atoms with van der Waals surface area (Å²) >= 11 is 0. The lowest BCUT2D eigenvalue weighted by molar-refractivity contribution is 0.304. The van der Waals surface area contributed by atoms with Gasteiger partial charge in [0.25, 0.3) is 0 Å². The molecular formula is C34H45NO. The Bertz CT molecular complexity index is 1100. The van der Waals surface area contributed by atoms with Gasteiger partial charge in [0.05, 0.1) is 6.61 Å². The Hall–Kier alpha value is -3.00. The fraction of sp³-hybridized carbons (Fsp3) is 0.412. The van der Waals surface area contributed by atoms with Crippen LogP contribution in [0, 0.1) is 0 Å². The molecular weight excluding hydrogens is 438 g/mol. The zero-order valence-corrected chi connectivity index (χ0v) is 22.8. The average Bonchev–Trinajstić information content (AvgIpc) is 2.91. The van der Waals surface area contributed by atoms with Crippen LogP contribution in [-0.4, -0.2) is 19.7 Å². The molecule has 0 aliphatic carbocycles. The van der Waals surface area contributed by atoms with Crippen LogP contribution in [0.5, 0.6) is 5.75 Å². The Labute approximate surface area is 219 Å². The van der Waals surface area contributed by atoms with Gasteiger partial charge in [0.2, 0.25) is 0 Å². The van der Waals surface area contributed by atoms with Gasteiger partial charge in [-0.1, -0.05) is 107 Å². The summed E-state index contributed by atoms with van der Waals surface area (Å²) in [5.41, 5.74) is 4.91. The van der Waals surface area contributed by atoms with E-state index in [1.165, 1.54) is 72.6 Å². The van der Waals surface area contributed by atoms with Crippen molar-refractivity contribution in [3.05, 3.63) is 94.4 Å². The minimum Gasteiger partial charge on any atom is -0.494 e. The second kappa shape index (κ2) is 15.2. The van der Waals surface area contributed by atoms with Crippen molar-refractivity contribution in [3.63, 3.8) is 0 Å². The van der Waals surface area contributed by atoms with Crippen LogP contribution in [-0.2, 0) is 0 Å². The predicted molar refractivity (Wildman–Crippen MR) is 157 cm³/mol. The molecule has 0 saturated heterocycles. The maximum absolute atomic E-state index is 6.06. The molecule has 0 aromatic heterocycles. The van der Waals surface area contributed by atoms with Crippen molar-refractivity contribution in [2.45, 2.75) is 72.1 Å². The van der Waals surface area contributed by atoms with Gasteiger partial charge in [-0.2, -0.15) is 0 Å². The maximum Gasteiger partial charge on any atom is 0.119 e. The molecule has 3 aromatic carbocycles. The zero-order valence-electron chi connectivity index (χ0n) is 22.8. The molecule has 0 spiro atoms. The molecule has 0 amide bonds. The minimum absolute atomic E-state index is 0.794. The van der Waals surface area contributed by atoms with Crippen LogP contribution in [0.15, 0.2) is 72.8 Å². The van der Waals surface area contributed by atoms with E-state index in [-0.39, 0.29) is 0 Å². The van der Waals surface area contributed by atoms with E-state index in [4.69, 9.17) is 4.74 Å². The molecule has 0 bridgehead atoms. The van der Waals surface area contributed by atoms with Crippen molar-refractivity contribution in [3.8, 4) is 5.75 Å². The summed E-state index contributed by atoms with van der Waals surface area (Å²) in [5.74, 6) is 0.950. The van der Waals surface area contributed by atoms with Crippen molar-refractivity contribution in [1.82, 2.24) is 0 Å². The van der Waals surface area contributed by atoms with Gasteiger partial charge in [0.15, 0.2) is 0 Å². The van der Waals surface area contributed by atoms with Gasteiger partial charge < -0.3 is 9.64 Å². The highest BCUT2D eigenvalue weighted by Gasteiger charge is 2.09. The lowest BCUT2D eigenvalue weighted by atomic mass is 9.95. The van der Waals surface area contributed by atoms with Gasteiger partial charge in [-0.15, -0.1) is 0 Å². The molecule has 2 heteroatoms. The Morgan fingerprint density at radius 2 is 1.17 bits per heavy atom. The van der Waals surface area contributed by atoms with E-state index in [1.807, 2.05) is 0 Å². The number of nitrogens with zero attached hydrogens (tertiary/aromatic N) is 1. The summed E-state index contributed by atoms with van der Waals surface area (Å²) < 4.78 is 6.06. The highest BCUT2D eigenvalue weighted by atomic mass is 16.5. The SMILES string of the molecule is C=c1ccc(=C(c2ccc(OCCCCCCCCCC)cc2)c2ccc(N(CC)CC)cc2)cc1. The molecule has 0 N–H and O–H groups in total. The van der Waals surface area contributed by atoms with E-state index >= 15 is 0 Å². The summed E-state index contributed by atoms with van der Waals surface area (Å²) in [6, 6.07) is 26.1. The number of rotatable bonds is 15. The van der Waals surface area contributed by atoms with Gasteiger partial charge in [-0.05, 0) is 71.7 Å². The van der Waals surface area contributed by atoms with Gasteiger partial charge in [-0.25, -0.2) is 0 Å². The van der Waals surface area contributed by atoms with E-state index in [1.54, 1.807) is 0 Å². The molecule has 3 rings (SSSR count). The molecule has 0 atom stereocenters. The number of benzene rings is 3. The number of anilines is 1. The second-order valence-corrected chi connectivity index (χ2v) is 9.64. The molecule has 0 heterocycles. The van der Waals surface area contributed by atoms with Crippen LogP contribution in [0.25, 0.3) is 12.2 Å². The first-order valence-electron chi connectivity index (χ1n) is 14.0. The molecule has 2 nitrogen and oxygen atoms in total. The van der Waals surface area contributed by atoms with Crippen LogP contribution in [0.2, 0.25) is 0 Å². The highest BCUT2D eigenvalue weighted by Crippen LogP contribution is 2.26. The summed E-state index contributed by atoms with van der Waals surface area (Å²) in [7, 11) is 0. The quantitative estimate of drug-likeness (QED) is 0.205. The highest BCUT2D eigenvalue weighted by molar-refractivity contribution is 5.80. The first kappa shape index (κ1) is 27.6. The number of hydrogen-bond acceptors (Lipinski definition) is 2. The van der Waals surface area contributed by atoms with Gasteiger partial charge in [0.1, 0.15) is 5.75 Å². The largest absolute Gasteiger partial charge is 0.494 e. The van der Waals surface area contributed by atoms with E-state index in [9.17, 15) is 0 Å². The molecule has 0 saturated carbocycles. The van der Waals surface area contributed by atoms with Crippen LogP contribution in [0.4, 0.5) is 5.69 Å². The van der Waals surface area contributed by atoms with Gasteiger partial charge in [0, 0.05) is 18.8 Å². The Morgan fingerprint density at radius 1 is 0.639 bits per heavy atom. The Kier molecular flexibility index (Phi) is 11.6. The molecule has 0 radical (unpaired) electrons. The predicted octanol–water partition coefficient (Wildman–Crippen LogP) is 7.71. The molecule has 192 valence electrons. The maximum atomic E-state index is 6.06. The normalized spacial score (nSPS) is 10.9. The summed E-state index contributed by atoms with van der Waals surface area (Å²) in [6.45, 7) is 13.6. The second-order valence-electron chi connectivity index (χ2n) is 9.64. The summed E-state index contributed by atoms with van der Waals surface area (Å²) in [4.78, 5) is 2.37. The molecule has 0 fully saturated rings. The monoisotopic (exact) mass is 483 g/mol. The van der Waals surface area contributed by atoms with Crippen LogP contribution >= 0.6 is 0 Å². The fourth-order valence-electron chi connectivity index (χ4n) is 4.74. The van der Waals surface area contributed by atoms with Crippen molar-refractivity contribution in [1.29, 1.82) is 0 Å². The molecule has 36 heavy (non-hydrogen) atoms. The van der Waals surface area contributed by atoms with Crippen molar-refractivity contribution in [2.75, 3.05) is 24.6 Å². The first-order valence-corrected chi connectivity index (χ1v) is 14.0. The van der Waals surface area contributed by atoms with Crippen molar-refractivity contribution >= 4 is 17.8 Å². The van der Waals surface area contributed by atoms with Crippen molar-refractivity contribution in [2.24, 2.45) is 0 Å². The first-order chi connectivity index (χ1) is 17.7. The van der Waals surface area contributed by atoms with E-state index in [0.29, 0.717) is 0 Å². The number of ether oxygens (including phenoxy) is 1. The molecule has 3 aromatic rings. The van der Waals surface area contributed by atoms with Crippen LogP contribution < -0.4 is 20.1 Å². The van der Waals surface area contributed by atoms with Crippen LogP contribution in [0.1, 0.15) is 83.3 Å². The third-order valence-corrected chi connectivity index (χ3v) is 6.94. The smallest absolute Gasteiger partial charge is 0.119 e. The number of hydrogen-bond donors (Lipinski definition) is 0.